The Hall–Kier alpha value is -0.710. The van der Waals surface area contributed by atoms with Gasteiger partial charge in [0.1, 0.15) is 6.54 Å². The molecule has 29 heavy (non-hydrogen) atoms. The summed E-state index contributed by atoms with van der Waals surface area (Å²) in [5.74, 6) is 0.00146. The fraction of sp³-hybridized carbons (Fsp3) is 0.880. The van der Waals surface area contributed by atoms with Crippen molar-refractivity contribution in [3.05, 3.63) is 12.2 Å². The molecule has 172 valence electrons. The molecule has 0 aromatic rings. The molecule has 4 nitrogen and oxygen atoms in total. The number of aliphatic hydroxyl groups excluding tert-OH is 1. The van der Waals surface area contributed by atoms with E-state index in [1.54, 1.807) is 0 Å². The molecule has 0 aromatic heterocycles. The van der Waals surface area contributed by atoms with Crippen molar-refractivity contribution in [3.8, 4) is 0 Å². The molecule has 1 atom stereocenters. The van der Waals surface area contributed by atoms with Crippen LogP contribution in [0, 0.1) is 0 Å². The first-order chi connectivity index (χ1) is 13.9. The van der Waals surface area contributed by atoms with Gasteiger partial charge in [0.2, 0.25) is 0 Å². The zero-order valence-electron chi connectivity index (χ0n) is 19.8. The number of ketones is 1. The van der Waals surface area contributed by atoms with Crippen molar-refractivity contribution in [2.45, 2.75) is 109 Å². The fourth-order valence-corrected chi connectivity index (χ4v) is 3.72. The highest BCUT2D eigenvalue weighted by Gasteiger charge is 2.24. The number of rotatable bonds is 21. The first kappa shape index (κ1) is 28.3. The predicted molar refractivity (Wildman–Crippen MR) is 126 cm³/mol. The standard InChI is InChI=1S/C25H51N2O2/c1-4-5-6-7-8-9-10-11-12-13-14-15-16-17-18-20-24(28)25(29)23-27(2,3)22-19-21-26/h11-12,25,29H,4-10,13-23,26H2,1-3H3/q+1/b12-11-. The lowest BCUT2D eigenvalue weighted by molar-refractivity contribution is -0.892. The molecule has 0 saturated heterocycles. The number of quaternary nitrogens is 1. The molecule has 0 bridgehead atoms. The third kappa shape index (κ3) is 19.0. The van der Waals surface area contributed by atoms with E-state index in [-0.39, 0.29) is 5.78 Å². The van der Waals surface area contributed by atoms with Crippen LogP contribution in [0.3, 0.4) is 0 Å². The van der Waals surface area contributed by atoms with Gasteiger partial charge < -0.3 is 15.3 Å². The summed E-state index contributed by atoms with van der Waals surface area (Å²) in [6.45, 7) is 4.30. The number of nitrogens with two attached hydrogens (primary N) is 1. The molecular formula is C25H51N2O2+. The molecule has 3 N–H and O–H groups in total. The average Bonchev–Trinajstić information content (AvgIpc) is 2.68. The van der Waals surface area contributed by atoms with Gasteiger partial charge in [-0.3, -0.25) is 4.79 Å². The fourth-order valence-electron chi connectivity index (χ4n) is 3.72. The SMILES string of the molecule is CCCCCCCC/C=C\CCCCCCCC(=O)C(O)C[N+](C)(C)CCCN. The van der Waals surface area contributed by atoms with Gasteiger partial charge in [-0.1, -0.05) is 70.4 Å². The van der Waals surface area contributed by atoms with Gasteiger partial charge in [0.15, 0.2) is 11.9 Å². The Balaban J connectivity index is 3.53. The van der Waals surface area contributed by atoms with Crippen LogP contribution in [0.4, 0.5) is 0 Å². The van der Waals surface area contributed by atoms with Crippen molar-refractivity contribution in [1.29, 1.82) is 0 Å². The van der Waals surface area contributed by atoms with Gasteiger partial charge in [0.25, 0.3) is 0 Å². The van der Waals surface area contributed by atoms with E-state index >= 15 is 0 Å². The number of carbonyl (C=O) groups is 1. The second-order valence-corrected chi connectivity index (χ2v) is 9.30. The normalized spacial score (nSPS) is 13.3. The lowest BCUT2D eigenvalue weighted by Crippen LogP contribution is -2.48. The Labute approximate surface area is 181 Å². The van der Waals surface area contributed by atoms with Crippen LogP contribution >= 0.6 is 0 Å². The first-order valence-corrected chi connectivity index (χ1v) is 12.3. The molecule has 0 heterocycles. The van der Waals surface area contributed by atoms with Crippen LogP contribution in [-0.4, -0.2) is 55.2 Å². The van der Waals surface area contributed by atoms with E-state index in [1.165, 1.54) is 70.6 Å². The quantitative estimate of drug-likeness (QED) is 0.151. The van der Waals surface area contributed by atoms with E-state index < -0.39 is 6.10 Å². The van der Waals surface area contributed by atoms with Crippen molar-refractivity contribution in [2.75, 3.05) is 33.7 Å². The van der Waals surface area contributed by atoms with E-state index in [9.17, 15) is 9.90 Å². The number of hydrogen-bond acceptors (Lipinski definition) is 3. The molecule has 4 heteroatoms. The van der Waals surface area contributed by atoms with Gasteiger partial charge >= 0.3 is 0 Å². The van der Waals surface area contributed by atoms with Gasteiger partial charge in [-0.05, 0) is 38.6 Å². The molecule has 0 aliphatic carbocycles. The molecule has 0 spiro atoms. The third-order valence-corrected chi connectivity index (χ3v) is 5.69. The molecule has 0 aliphatic heterocycles. The number of hydrogen-bond donors (Lipinski definition) is 2. The van der Waals surface area contributed by atoms with E-state index in [1.807, 2.05) is 14.1 Å². The summed E-state index contributed by atoms with van der Waals surface area (Å²) in [5.41, 5.74) is 5.55. The summed E-state index contributed by atoms with van der Waals surface area (Å²) in [6, 6.07) is 0. The van der Waals surface area contributed by atoms with Crippen molar-refractivity contribution >= 4 is 5.78 Å². The predicted octanol–water partition coefficient (Wildman–Crippen LogP) is 5.38. The van der Waals surface area contributed by atoms with Crippen molar-refractivity contribution < 1.29 is 14.4 Å². The zero-order chi connectivity index (χ0) is 21.8. The molecule has 1 unspecified atom stereocenters. The molecule has 0 saturated carbocycles. The van der Waals surface area contributed by atoms with E-state index in [2.05, 4.69) is 19.1 Å². The molecule has 0 rings (SSSR count). The summed E-state index contributed by atoms with van der Waals surface area (Å²) in [6.07, 6.45) is 21.6. The van der Waals surface area contributed by atoms with Gasteiger partial charge in [-0.15, -0.1) is 0 Å². The molecule has 0 radical (unpaired) electrons. The maximum absolute atomic E-state index is 12.1. The number of Topliss-reactive ketones (excluding diaryl/α,β-unsaturated/α-hetero) is 1. The number of aliphatic hydroxyl groups is 1. The molecule has 0 aliphatic rings. The zero-order valence-corrected chi connectivity index (χ0v) is 19.8. The van der Waals surface area contributed by atoms with Crippen LogP contribution < -0.4 is 5.73 Å². The number of carbonyl (C=O) groups excluding carboxylic acids is 1. The number of unbranched alkanes of at least 4 members (excludes halogenated alkanes) is 11. The van der Waals surface area contributed by atoms with Crippen LogP contribution in [0.2, 0.25) is 0 Å². The lowest BCUT2D eigenvalue weighted by Gasteiger charge is -2.31. The third-order valence-electron chi connectivity index (χ3n) is 5.69. The smallest absolute Gasteiger partial charge is 0.167 e. The molecule has 0 amide bonds. The Bertz CT molecular complexity index is 408. The molecule has 0 fully saturated rings. The average molecular weight is 412 g/mol. The van der Waals surface area contributed by atoms with E-state index in [0.717, 1.165) is 25.8 Å². The summed E-state index contributed by atoms with van der Waals surface area (Å²) in [5, 5.41) is 10.2. The highest BCUT2D eigenvalue weighted by molar-refractivity contribution is 5.82. The lowest BCUT2D eigenvalue weighted by atomic mass is 10.0. The Morgan fingerprint density at radius 1 is 0.862 bits per heavy atom. The summed E-state index contributed by atoms with van der Waals surface area (Å²) < 4.78 is 0.649. The van der Waals surface area contributed by atoms with Crippen LogP contribution in [-0.2, 0) is 4.79 Å². The number of nitrogens with zero attached hydrogens (tertiary/aromatic N) is 1. The van der Waals surface area contributed by atoms with Gasteiger partial charge in [0.05, 0.1) is 20.6 Å². The van der Waals surface area contributed by atoms with Gasteiger partial charge in [-0.2, -0.15) is 0 Å². The number of allylic oxidation sites excluding steroid dienone is 2. The largest absolute Gasteiger partial charge is 0.380 e. The topological polar surface area (TPSA) is 63.3 Å². The van der Waals surface area contributed by atoms with Crippen molar-refractivity contribution in [3.63, 3.8) is 0 Å². The van der Waals surface area contributed by atoms with Crippen molar-refractivity contribution in [2.24, 2.45) is 5.73 Å². The molecular weight excluding hydrogens is 360 g/mol. The highest BCUT2D eigenvalue weighted by Crippen LogP contribution is 2.11. The van der Waals surface area contributed by atoms with Gasteiger partial charge in [0, 0.05) is 12.8 Å². The van der Waals surface area contributed by atoms with Crippen LogP contribution in [0.15, 0.2) is 12.2 Å². The van der Waals surface area contributed by atoms with Crippen LogP contribution in [0.1, 0.15) is 103 Å². The highest BCUT2D eigenvalue weighted by atomic mass is 16.3. The maximum Gasteiger partial charge on any atom is 0.167 e. The molecule has 0 aromatic carbocycles. The number of likely N-dealkylation sites (N-methyl/N-ethyl adjacent to an activating group) is 1. The summed E-state index contributed by atoms with van der Waals surface area (Å²) in [4.78, 5) is 12.1. The van der Waals surface area contributed by atoms with Crippen LogP contribution in [0.25, 0.3) is 0 Å². The second-order valence-electron chi connectivity index (χ2n) is 9.30. The Morgan fingerprint density at radius 2 is 1.38 bits per heavy atom. The van der Waals surface area contributed by atoms with E-state index in [4.69, 9.17) is 5.73 Å². The summed E-state index contributed by atoms with van der Waals surface area (Å²) >= 11 is 0. The maximum atomic E-state index is 12.1. The van der Waals surface area contributed by atoms with E-state index in [0.29, 0.717) is 24.0 Å². The second kappa shape index (κ2) is 19.3. The van der Waals surface area contributed by atoms with Crippen molar-refractivity contribution in [1.82, 2.24) is 0 Å². The minimum absolute atomic E-state index is 0.00146. The van der Waals surface area contributed by atoms with Crippen LogP contribution in [0.5, 0.6) is 0 Å². The Kier molecular flexibility index (Phi) is 18.8. The Morgan fingerprint density at radius 3 is 1.93 bits per heavy atom. The summed E-state index contributed by atoms with van der Waals surface area (Å²) in [7, 11) is 4.10. The first-order valence-electron chi connectivity index (χ1n) is 12.3. The minimum Gasteiger partial charge on any atom is -0.380 e. The minimum atomic E-state index is -0.834. The van der Waals surface area contributed by atoms with Gasteiger partial charge in [-0.25, -0.2) is 0 Å². The monoisotopic (exact) mass is 411 g/mol.